The Bertz CT molecular complexity index is 335. The molecule has 1 fully saturated rings. The summed E-state index contributed by atoms with van der Waals surface area (Å²) in [7, 11) is 0. The summed E-state index contributed by atoms with van der Waals surface area (Å²) < 4.78 is 4.95. The number of hydrogen-bond acceptors (Lipinski definition) is 3. The topological polar surface area (TPSA) is 54.3 Å². The van der Waals surface area contributed by atoms with Crippen molar-refractivity contribution in [1.29, 1.82) is 0 Å². The van der Waals surface area contributed by atoms with Gasteiger partial charge < -0.3 is 15.1 Å². The molecule has 0 bridgehead atoms. The van der Waals surface area contributed by atoms with E-state index < -0.39 is 0 Å². The molecule has 4 nitrogen and oxygen atoms in total. The van der Waals surface area contributed by atoms with E-state index in [1.165, 1.54) is 0 Å². The molecule has 0 aromatic carbocycles. The zero-order valence-corrected chi connectivity index (χ0v) is 9.53. The van der Waals surface area contributed by atoms with Crippen molar-refractivity contribution in [3.8, 4) is 0 Å². The first-order valence-corrected chi connectivity index (χ1v) is 5.78. The maximum atomic E-state index is 11.9. The molecule has 0 radical (unpaired) electrons. The van der Waals surface area contributed by atoms with Crippen LogP contribution in [0.3, 0.4) is 0 Å². The summed E-state index contributed by atoms with van der Waals surface area (Å²) in [5.74, 6) is 0.317. The number of furan rings is 1. The normalized spacial score (nSPS) is 25.3. The molecule has 0 aliphatic carbocycles. The number of piperidine rings is 1. The Labute approximate surface area is 95.4 Å². The second-order valence-corrected chi connectivity index (χ2v) is 4.43. The zero-order chi connectivity index (χ0) is 11.4. The van der Waals surface area contributed by atoms with Crippen LogP contribution in [0.4, 0.5) is 0 Å². The van der Waals surface area contributed by atoms with Gasteiger partial charge in [-0.25, -0.2) is 0 Å². The number of rotatable bonds is 3. The van der Waals surface area contributed by atoms with Crippen LogP contribution in [0.1, 0.15) is 25.3 Å². The number of amides is 1. The summed E-state index contributed by atoms with van der Waals surface area (Å²) in [6.07, 6.45) is 5.14. The monoisotopic (exact) mass is 222 g/mol. The molecular weight excluding hydrogens is 204 g/mol. The number of nitrogens with one attached hydrogen (secondary N) is 2. The van der Waals surface area contributed by atoms with Crippen LogP contribution in [0.15, 0.2) is 23.0 Å². The van der Waals surface area contributed by atoms with E-state index >= 15 is 0 Å². The maximum absolute atomic E-state index is 11.9. The lowest BCUT2D eigenvalue weighted by Crippen LogP contribution is -2.42. The number of carbonyl (C=O) groups is 1. The SMILES string of the molecule is C[C@H]1C[C@@H](C(=O)NCc2ccoc2)CCN1. The minimum atomic E-state index is 0.156. The Morgan fingerprint density at radius 2 is 2.56 bits per heavy atom. The van der Waals surface area contributed by atoms with Gasteiger partial charge >= 0.3 is 0 Å². The minimum Gasteiger partial charge on any atom is -0.472 e. The van der Waals surface area contributed by atoms with E-state index in [2.05, 4.69) is 17.6 Å². The summed E-state index contributed by atoms with van der Waals surface area (Å²) in [6.45, 7) is 3.62. The summed E-state index contributed by atoms with van der Waals surface area (Å²) in [5.41, 5.74) is 1.01. The van der Waals surface area contributed by atoms with Crippen LogP contribution >= 0.6 is 0 Å². The molecule has 1 saturated heterocycles. The molecule has 1 aliphatic heterocycles. The van der Waals surface area contributed by atoms with Gasteiger partial charge in [0.05, 0.1) is 12.5 Å². The second-order valence-electron chi connectivity index (χ2n) is 4.43. The fraction of sp³-hybridized carbons (Fsp3) is 0.583. The minimum absolute atomic E-state index is 0.156. The molecule has 0 unspecified atom stereocenters. The zero-order valence-electron chi connectivity index (χ0n) is 9.53. The molecule has 1 aromatic rings. The fourth-order valence-corrected chi connectivity index (χ4v) is 2.10. The van der Waals surface area contributed by atoms with Gasteiger partial charge in [-0.15, -0.1) is 0 Å². The highest BCUT2D eigenvalue weighted by atomic mass is 16.3. The average molecular weight is 222 g/mol. The lowest BCUT2D eigenvalue weighted by molar-refractivity contribution is -0.126. The largest absolute Gasteiger partial charge is 0.472 e. The van der Waals surface area contributed by atoms with Crippen molar-refractivity contribution in [2.75, 3.05) is 6.54 Å². The molecule has 2 atom stereocenters. The van der Waals surface area contributed by atoms with E-state index in [1.54, 1.807) is 12.5 Å². The summed E-state index contributed by atoms with van der Waals surface area (Å²) >= 11 is 0. The number of hydrogen-bond donors (Lipinski definition) is 2. The summed E-state index contributed by atoms with van der Waals surface area (Å²) in [5, 5.41) is 6.29. The quantitative estimate of drug-likeness (QED) is 0.810. The fourth-order valence-electron chi connectivity index (χ4n) is 2.10. The average Bonchev–Trinajstić information content (AvgIpc) is 2.78. The molecule has 88 valence electrons. The first-order chi connectivity index (χ1) is 7.75. The van der Waals surface area contributed by atoms with Crippen LogP contribution in [0.2, 0.25) is 0 Å². The van der Waals surface area contributed by atoms with E-state index in [0.29, 0.717) is 12.6 Å². The maximum Gasteiger partial charge on any atom is 0.223 e. The molecule has 0 spiro atoms. The van der Waals surface area contributed by atoms with Crippen molar-refractivity contribution < 1.29 is 9.21 Å². The van der Waals surface area contributed by atoms with Gasteiger partial charge in [0.2, 0.25) is 5.91 Å². The van der Waals surface area contributed by atoms with Crippen LogP contribution in [0, 0.1) is 5.92 Å². The molecule has 1 aliphatic rings. The van der Waals surface area contributed by atoms with Gasteiger partial charge in [0.15, 0.2) is 0 Å². The van der Waals surface area contributed by atoms with Crippen LogP contribution < -0.4 is 10.6 Å². The van der Waals surface area contributed by atoms with Crippen molar-refractivity contribution in [1.82, 2.24) is 10.6 Å². The van der Waals surface area contributed by atoms with Crippen molar-refractivity contribution in [2.45, 2.75) is 32.4 Å². The van der Waals surface area contributed by atoms with Gasteiger partial charge in [0.25, 0.3) is 0 Å². The smallest absolute Gasteiger partial charge is 0.223 e. The highest BCUT2D eigenvalue weighted by Gasteiger charge is 2.24. The molecule has 2 rings (SSSR count). The van der Waals surface area contributed by atoms with Gasteiger partial charge in [0, 0.05) is 24.1 Å². The summed E-state index contributed by atoms with van der Waals surface area (Å²) in [4.78, 5) is 11.9. The third kappa shape index (κ3) is 2.85. The molecular formula is C12H18N2O2. The Kier molecular flexibility index (Phi) is 3.62. The van der Waals surface area contributed by atoms with Gasteiger partial charge in [0.1, 0.15) is 0 Å². The van der Waals surface area contributed by atoms with E-state index in [-0.39, 0.29) is 11.8 Å². The first-order valence-electron chi connectivity index (χ1n) is 5.78. The lowest BCUT2D eigenvalue weighted by atomic mass is 9.92. The van der Waals surface area contributed by atoms with Crippen molar-refractivity contribution in [2.24, 2.45) is 5.92 Å². The van der Waals surface area contributed by atoms with E-state index in [9.17, 15) is 4.79 Å². The van der Waals surface area contributed by atoms with Crippen molar-refractivity contribution in [3.63, 3.8) is 0 Å². The van der Waals surface area contributed by atoms with Crippen LogP contribution in [0.5, 0.6) is 0 Å². The number of carbonyl (C=O) groups excluding carboxylic acids is 1. The van der Waals surface area contributed by atoms with Gasteiger partial charge in [-0.2, -0.15) is 0 Å². The predicted octanol–water partition coefficient (Wildman–Crippen LogP) is 1.28. The van der Waals surface area contributed by atoms with E-state index in [1.807, 2.05) is 6.07 Å². The second kappa shape index (κ2) is 5.16. The van der Waals surface area contributed by atoms with Crippen LogP contribution in [-0.2, 0) is 11.3 Å². The molecule has 2 N–H and O–H groups in total. The van der Waals surface area contributed by atoms with Crippen molar-refractivity contribution >= 4 is 5.91 Å². The Balaban J connectivity index is 1.79. The molecule has 1 amide bonds. The Hall–Kier alpha value is -1.29. The van der Waals surface area contributed by atoms with Crippen LogP contribution in [0.25, 0.3) is 0 Å². The Morgan fingerprint density at radius 1 is 1.69 bits per heavy atom. The third-order valence-electron chi connectivity index (χ3n) is 3.04. The van der Waals surface area contributed by atoms with E-state index in [0.717, 1.165) is 24.9 Å². The molecule has 4 heteroatoms. The summed E-state index contributed by atoms with van der Waals surface area (Å²) in [6, 6.07) is 2.31. The third-order valence-corrected chi connectivity index (χ3v) is 3.04. The van der Waals surface area contributed by atoms with E-state index in [4.69, 9.17) is 4.42 Å². The van der Waals surface area contributed by atoms with Gasteiger partial charge in [-0.3, -0.25) is 4.79 Å². The molecule has 16 heavy (non-hydrogen) atoms. The van der Waals surface area contributed by atoms with Crippen LogP contribution in [-0.4, -0.2) is 18.5 Å². The Morgan fingerprint density at radius 3 is 3.25 bits per heavy atom. The van der Waals surface area contributed by atoms with Gasteiger partial charge in [-0.1, -0.05) is 0 Å². The highest BCUT2D eigenvalue weighted by Crippen LogP contribution is 2.16. The molecule has 2 heterocycles. The van der Waals surface area contributed by atoms with Gasteiger partial charge in [-0.05, 0) is 32.4 Å². The molecule has 0 saturated carbocycles. The highest BCUT2D eigenvalue weighted by molar-refractivity contribution is 5.78. The molecule has 1 aromatic heterocycles. The standard InChI is InChI=1S/C12H18N2O2/c1-9-6-11(2-4-13-9)12(15)14-7-10-3-5-16-8-10/h3,5,8-9,11,13H,2,4,6-7H2,1H3,(H,14,15)/t9-,11-/m0/s1. The lowest BCUT2D eigenvalue weighted by Gasteiger charge is -2.27. The van der Waals surface area contributed by atoms with Crippen molar-refractivity contribution in [3.05, 3.63) is 24.2 Å². The predicted molar refractivity (Wildman–Crippen MR) is 60.7 cm³/mol. The first kappa shape index (κ1) is 11.2.